The first-order valence-corrected chi connectivity index (χ1v) is 8.20. The van der Waals surface area contributed by atoms with Crippen LogP contribution < -0.4 is 0 Å². The molecule has 0 aliphatic carbocycles. The van der Waals surface area contributed by atoms with Crippen LogP contribution in [0.25, 0.3) is 11.4 Å². The number of hydrogen-bond acceptors (Lipinski definition) is 6. The molecule has 1 N–H and O–H groups in total. The van der Waals surface area contributed by atoms with Gasteiger partial charge in [0.25, 0.3) is 0 Å². The second-order valence-electron chi connectivity index (χ2n) is 4.39. The van der Waals surface area contributed by atoms with Crippen molar-refractivity contribution in [2.45, 2.75) is 5.16 Å². The van der Waals surface area contributed by atoms with Gasteiger partial charge in [-0.1, -0.05) is 45.9 Å². The molecule has 2 amide bonds. The van der Waals surface area contributed by atoms with E-state index in [1.54, 1.807) is 0 Å². The summed E-state index contributed by atoms with van der Waals surface area (Å²) in [5, 5.41) is 7.36. The number of H-pyrrole nitrogens is 1. The first-order valence-electron chi connectivity index (χ1n) is 6.42. The third-order valence-electron chi connectivity index (χ3n) is 2.98. The Labute approximate surface area is 138 Å². The van der Waals surface area contributed by atoms with Crippen LogP contribution in [0.5, 0.6) is 0 Å². The van der Waals surface area contributed by atoms with Crippen LogP contribution in [-0.2, 0) is 9.53 Å². The van der Waals surface area contributed by atoms with E-state index in [1.807, 2.05) is 24.3 Å². The van der Waals surface area contributed by atoms with Gasteiger partial charge in [-0.05, 0) is 6.07 Å². The SMILES string of the molecule is O=C(CSc1n[nH]c(-c2ccccc2Br)n1)N1CCOC1=O. The molecule has 0 unspecified atom stereocenters. The molecule has 1 aliphatic rings. The van der Waals surface area contributed by atoms with Gasteiger partial charge in [-0.2, -0.15) is 0 Å². The van der Waals surface area contributed by atoms with Gasteiger partial charge in [0.15, 0.2) is 5.82 Å². The van der Waals surface area contributed by atoms with Crippen LogP contribution in [0.2, 0.25) is 0 Å². The second-order valence-corrected chi connectivity index (χ2v) is 6.19. The average molecular weight is 383 g/mol. The maximum absolute atomic E-state index is 11.9. The number of amides is 2. The van der Waals surface area contributed by atoms with Gasteiger partial charge in [0, 0.05) is 10.0 Å². The summed E-state index contributed by atoms with van der Waals surface area (Å²) in [5.74, 6) is 0.394. The lowest BCUT2D eigenvalue weighted by molar-refractivity contribution is -0.125. The van der Waals surface area contributed by atoms with Gasteiger partial charge in [-0.25, -0.2) is 14.7 Å². The molecule has 7 nitrogen and oxygen atoms in total. The van der Waals surface area contributed by atoms with E-state index in [2.05, 4.69) is 31.1 Å². The number of aromatic amines is 1. The lowest BCUT2D eigenvalue weighted by Crippen LogP contribution is -2.33. The predicted molar refractivity (Wildman–Crippen MR) is 83.3 cm³/mol. The molecular formula is C13H11BrN4O3S. The molecule has 0 radical (unpaired) electrons. The normalized spacial score (nSPS) is 14.2. The fourth-order valence-corrected chi connectivity index (χ4v) is 3.06. The molecule has 1 aromatic carbocycles. The molecule has 2 aromatic rings. The predicted octanol–water partition coefficient (Wildman–Crippen LogP) is 2.31. The molecule has 2 heterocycles. The molecule has 1 aliphatic heterocycles. The van der Waals surface area contributed by atoms with Crippen molar-refractivity contribution in [3.8, 4) is 11.4 Å². The van der Waals surface area contributed by atoms with Crippen LogP contribution in [0.4, 0.5) is 4.79 Å². The summed E-state index contributed by atoms with van der Waals surface area (Å²) < 4.78 is 5.63. The van der Waals surface area contributed by atoms with Crippen molar-refractivity contribution in [3.05, 3.63) is 28.7 Å². The van der Waals surface area contributed by atoms with E-state index in [9.17, 15) is 9.59 Å². The monoisotopic (exact) mass is 382 g/mol. The molecule has 9 heteroatoms. The number of benzene rings is 1. The molecule has 3 rings (SSSR count). The van der Waals surface area contributed by atoms with E-state index in [1.165, 1.54) is 11.8 Å². The highest BCUT2D eigenvalue weighted by Crippen LogP contribution is 2.26. The Bertz CT molecular complexity index is 721. The molecule has 0 atom stereocenters. The number of rotatable bonds is 4. The van der Waals surface area contributed by atoms with Crippen molar-refractivity contribution in [3.63, 3.8) is 0 Å². The number of nitrogens with one attached hydrogen (secondary N) is 1. The molecule has 114 valence electrons. The number of halogens is 1. The lowest BCUT2D eigenvalue weighted by atomic mass is 10.2. The molecule has 1 aromatic heterocycles. The zero-order valence-corrected chi connectivity index (χ0v) is 13.7. The van der Waals surface area contributed by atoms with E-state index < -0.39 is 6.09 Å². The Kier molecular flexibility index (Phi) is 4.44. The number of nitrogens with zero attached hydrogens (tertiary/aromatic N) is 3. The Morgan fingerprint density at radius 2 is 2.27 bits per heavy atom. The molecule has 1 fully saturated rings. The van der Waals surface area contributed by atoms with Crippen molar-refractivity contribution >= 4 is 39.7 Å². The highest BCUT2D eigenvalue weighted by Gasteiger charge is 2.28. The summed E-state index contributed by atoms with van der Waals surface area (Å²) in [5.41, 5.74) is 0.885. The van der Waals surface area contributed by atoms with Gasteiger partial charge >= 0.3 is 6.09 Å². The van der Waals surface area contributed by atoms with Gasteiger partial charge in [0.1, 0.15) is 6.61 Å². The molecule has 0 bridgehead atoms. The molecule has 0 saturated carbocycles. The Morgan fingerprint density at radius 1 is 1.45 bits per heavy atom. The molecule has 22 heavy (non-hydrogen) atoms. The van der Waals surface area contributed by atoms with Crippen molar-refractivity contribution in [1.82, 2.24) is 20.1 Å². The maximum atomic E-state index is 11.9. The zero-order valence-electron chi connectivity index (χ0n) is 11.3. The van der Waals surface area contributed by atoms with Gasteiger partial charge < -0.3 is 4.74 Å². The highest BCUT2D eigenvalue weighted by atomic mass is 79.9. The van der Waals surface area contributed by atoms with Crippen LogP contribution in [0.1, 0.15) is 0 Å². The third-order valence-corrected chi connectivity index (χ3v) is 4.50. The molecular weight excluding hydrogens is 372 g/mol. The zero-order chi connectivity index (χ0) is 15.5. The number of hydrogen-bond donors (Lipinski definition) is 1. The summed E-state index contributed by atoms with van der Waals surface area (Å²) in [4.78, 5) is 28.6. The van der Waals surface area contributed by atoms with E-state index in [-0.39, 0.29) is 18.3 Å². The Hall–Kier alpha value is -1.87. The van der Waals surface area contributed by atoms with Crippen molar-refractivity contribution in [2.75, 3.05) is 18.9 Å². The number of ether oxygens (including phenoxy) is 1. The lowest BCUT2D eigenvalue weighted by Gasteiger charge is -2.08. The smallest absolute Gasteiger partial charge is 0.416 e. The van der Waals surface area contributed by atoms with Crippen LogP contribution in [0.15, 0.2) is 33.9 Å². The van der Waals surface area contributed by atoms with E-state index in [0.29, 0.717) is 17.5 Å². The van der Waals surface area contributed by atoms with Gasteiger partial charge in [0.05, 0.1) is 12.3 Å². The standard InChI is InChI=1S/C13H11BrN4O3S/c14-9-4-2-1-3-8(9)11-15-12(17-16-11)22-7-10(19)18-5-6-21-13(18)20/h1-4H,5-7H2,(H,15,16,17). The van der Waals surface area contributed by atoms with Gasteiger partial charge in [0.2, 0.25) is 11.1 Å². The third kappa shape index (κ3) is 3.14. The summed E-state index contributed by atoms with van der Waals surface area (Å²) >= 11 is 4.62. The molecule has 1 saturated heterocycles. The van der Waals surface area contributed by atoms with E-state index in [0.717, 1.165) is 14.9 Å². The van der Waals surface area contributed by atoms with Crippen molar-refractivity contribution in [2.24, 2.45) is 0 Å². The summed E-state index contributed by atoms with van der Waals surface area (Å²) in [6.07, 6.45) is -0.588. The minimum atomic E-state index is -0.588. The largest absolute Gasteiger partial charge is 0.447 e. The second kappa shape index (κ2) is 6.49. The highest BCUT2D eigenvalue weighted by molar-refractivity contribution is 9.10. The van der Waals surface area contributed by atoms with Crippen LogP contribution >= 0.6 is 27.7 Å². The Balaban J connectivity index is 1.64. The minimum absolute atomic E-state index is 0.0857. The quantitative estimate of drug-likeness (QED) is 0.816. The van der Waals surface area contributed by atoms with Crippen LogP contribution in [0, 0.1) is 0 Å². The number of carbonyl (C=O) groups is 2. The maximum Gasteiger partial charge on any atom is 0.416 e. The fourth-order valence-electron chi connectivity index (χ4n) is 1.91. The molecule has 0 spiro atoms. The van der Waals surface area contributed by atoms with E-state index in [4.69, 9.17) is 4.74 Å². The number of aromatic nitrogens is 3. The first kappa shape index (κ1) is 15.0. The van der Waals surface area contributed by atoms with Gasteiger partial charge in [-0.15, -0.1) is 5.10 Å². The topological polar surface area (TPSA) is 88.2 Å². The number of carbonyl (C=O) groups excluding carboxylic acids is 2. The number of thioether (sulfide) groups is 1. The number of imide groups is 1. The fraction of sp³-hybridized carbons (Fsp3) is 0.231. The van der Waals surface area contributed by atoms with E-state index >= 15 is 0 Å². The van der Waals surface area contributed by atoms with Gasteiger partial charge in [-0.3, -0.25) is 9.89 Å². The van der Waals surface area contributed by atoms with Crippen molar-refractivity contribution in [1.29, 1.82) is 0 Å². The Morgan fingerprint density at radius 3 is 3.00 bits per heavy atom. The summed E-state index contributed by atoms with van der Waals surface area (Å²) in [6, 6.07) is 7.63. The first-order chi connectivity index (χ1) is 10.6. The van der Waals surface area contributed by atoms with Crippen molar-refractivity contribution < 1.29 is 14.3 Å². The summed E-state index contributed by atoms with van der Waals surface area (Å²) in [6.45, 7) is 0.552. The minimum Gasteiger partial charge on any atom is -0.447 e. The average Bonchev–Trinajstić information content (AvgIpc) is 3.14. The van der Waals surface area contributed by atoms with Crippen LogP contribution in [0.3, 0.4) is 0 Å². The number of cyclic esters (lactones) is 1. The van der Waals surface area contributed by atoms with Crippen LogP contribution in [-0.4, -0.2) is 51.0 Å². The summed E-state index contributed by atoms with van der Waals surface area (Å²) in [7, 11) is 0.